The fourth-order valence-electron chi connectivity index (χ4n) is 2.01. The number of thioether (sulfide) groups is 1. The number of rotatable bonds is 4. The van der Waals surface area contributed by atoms with Crippen LogP contribution in [0, 0.1) is 6.92 Å². The van der Waals surface area contributed by atoms with Gasteiger partial charge in [0.25, 0.3) is 0 Å². The van der Waals surface area contributed by atoms with E-state index in [1.54, 1.807) is 11.8 Å². The second-order valence-electron chi connectivity index (χ2n) is 5.03. The summed E-state index contributed by atoms with van der Waals surface area (Å²) < 4.78 is 6.88. The van der Waals surface area contributed by atoms with Crippen LogP contribution in [-0.2, 0) is 0 Å². The number of halogens is 1. The van der Waals surface area contributed by atoms with Gasteiger partial charge in [0, 0.05) is 14.9 Å². The zero-order chi connectivity index (χ0) is 15.5. The normalized spacial score (nSPS) is 12.3. The van der Waals surface area contributed by atoms with Gasteiger partial charge in [-0.1, -0.05) is 39.7 Å². The average molecular weight is 375 g/mol. The van der Waals surface area contributed by atoms with E-state index in [0.717, 1.165) is 14.9 Å². The van der Waals surface area contributed by atoms with Crippen molar-refractivity contribution in [1.82, 2.24) is 10.2 Å². The molecule has 0 spiro atoms. The Morgan fingerprint density at radius 3 is 2.59 bits per heavy atom. The number of nitrogens with zero attached hydrogens (tertiary/aromatic N) is 2. The fraction of sp³-hybridized carbons (Fsp3) is 0.176. The number of benzene rings is 2. The van der Waals surface area contributed by atoms with Crippen LogP contribution in [-0.4, -0.2) is 10.2 Å². The average Bonchev–Trinajstić information content (AvgIpc) is 2.98. The van der Waals surface area contributed by atoms with Gasteiger partial charge in [0.05, 0.1) is 5.25 Å². The first-order valence-electron chi connectivity index (χ1n) is 6.94. The van der Waals surface area contributed by atoms with E-state index in [1.165, 1.54) is 5.56 Å². The Hall–Kier alpha value is -1.59. The van der Waals surface area contributed by atoms with E-state index in [1.807, 2.05) is 36.4 Å². The molecule has 0 radical (unpaired) electrons. The van der Waals surface area contributed by atoms with Crippen LogP contribution in [0.5, 0.6) is 0 Å². The van der Waals surface area contributed by atoms with Gasteiger partial charge in [0.2, 0.25) is 11.8 Å². The van der Waals surface area contributed by atoms with Gasteiger partial charge in [-0.15, -0.1) is 22.0 Å². The van der Waals surface area contributed by atoms with Gasteiger partial charge in [0.1, 0.15) is 0 Å². The van der Waals surface area contributed by atoms with Crippen LogP contribution in [0.25, 0.3) is 11.5 Å². The van der Waals surface area contributed by atoms with Crippen molar-refractivity contribution in [2.24, 2.45) is 0 Å². The molecule has 3 aromatic rings. The highest BCUT2D eigenvalue weighted by Crippen LogP contribution is 2.35. The molecule has 22 heavy (non-hydrogen) atoms. The molecule has 0 aliphatic rings. The van der Waals surface area contributed by atoms with E-state index in [0.29, 0.717) is 11.8 Å². The first-order valence-corrected chi connectivity index (χ1v) is 8.62. The van der Waals surface area contributed by atoms with Crippen molar-refractivity contribution in [3.8, 4) is 11.5 Å². The zero-order valence-electron chi connectivity index (χ0n) is 12.3. The standard InChI is InChI=1S/C17H15BrN2OS/c1-11-6-8-13(9-7-11)17-20-19-16(21-17)12(2)22-15-5-3-4-14(18)10-15/h3-10,12H,1-2H3. The Labute approximate surface area is 142 Å². The van der Waals surface area contributed by atoms with Gasteiger partial charge < -0.3 is 4.42 Å². The quantitative estimate of drug-likeness (QED) is 0.552. The van der Waals surface area contributed by atoms with Crippen LogP contribution in [0.3, 0.4) is 0 Å². The van der Waals surface area contributed by atoms with Gasteiger partial charge in [-0.25, -0.2) is 0 Å². The molecule has 0 fully saturated rings. The smallest absolute Gasteiger partial charge is 0.247 e. The summed E-state index contributed by atoms with van der Waals surface area (Å²) in [6.07, 6.45) is 0. The maximum Gasteiger partial charge on any atom is 0.247 e. The van der Waals surface area contributed by atoms with Gasteiger partial charge in [0.15, 0.2) is 0 Å². The zero-order valence-corrected chi connectivity index (χ0v) is 14.7. The van der Waals surface area contributed by atoms with Crippen LogP contribution in [0.15, 0.2) is 62.3 Å². The van der Waals surface area contributed by atoms with Crippen LogP contribution >= 0.6 is 27.7 Å². The van der Waals surface area contributed by atoms with E-state index in [-0.39, 0.29) is 5.25 Å². The molecule has 3 nitrogen and oxygen atoms in total. The maximum atomic E-state index is 5.82. The van der Waals surface area contributed by atoms with E-state index in [4.69, 9.17) is 4.42 Å². The summed E-state index contributed by atoms with van der Waals surface area (Å²) in [6.45, 7) is 4.12. The molecule has 0 bridgehead atoms. The summed E-state index contributed by atoms with van der Waals surface area (Å²) in [5, 5.41) is 8.44. The molecule has 0 saturated heterocycles. The summed E-state index contributed by atoms with van der Waals surface area (Å²) in [4.78, 5) is 1.16. The highest BCUT2D eigenvalue weighted by atomic mass is 79.9. The Kier molecular flexibility index (Phi) is 4.64. The molecular formula is C17H15BrN2OS. The van der Waals surface area contributed by atoms with E-state index >= 15 is 0 Å². The predicted octanol–water partition coefficient (Wildman–Crippen LogP) is 5.66. The molecule has 0 amide bonds. The van der Waals surface area contributed by atoms with E-state index in [2.05, 4.69) is 52.1 Å². The minimum atomic E-state index is 0.0981. The molecule has 0 aliphatic carbocycles. The van der Waals surface area contributed by atoms with Crippen molar-refractivity contribution >= 4 is 27.7 Å². The maximum absolute atomic E-state index is 5.82. The van der Waals surface area contributed by atoms with Crippen molar-refractivity contribution in [2.75, 3.05) is 0 Å². The Morgan fingerprint density at radius 1 is 1.09 bits per heavy atom. The number of hydrogen-bond acceptors (Lipinski definition) is 4. The largest absolute Gasteiger partial charge is 0.419 e. The number of aryl methyl sites for hydroxylation is 1. The topological polar surface area (TPSA) is 38.9 Å². The fourth-order valence-corrected chi connectivity index (χ4v) is 3.51. The molecular weight excluding hydrogens is 360 g/mol. The lowest BCUT2D eigenvalue weighted by Crippen LogP contribution is -1.88. The molecule has 0 aliphatic heterocycles. The van der Waals surface area contributed by atoms with Crippen molar-refractivity contribution in [3.63, 3.8) is 0 Å². The minimum absolute atomic E-state index is 0.0981. The van der Waals surface area contributed by atoms with Crippen LogP contribution in [0.1, 0.15) is 23.6 Å². The van der Waals surface area contributed by atoms with Crippen LogP contribution in [0.4, 0.5) is 0 Å². The second kappa shape index (κ2) is 6.67. The van der Waals surface area contributed by atoms with Gasteiger partial charge >= 0.3 is 0 Å². The van der Waals surface area contributed by atoms with Gasteiger partial charge in [-0.2, -0.15) is 0 Å². The third-order valence-electron chi connectivity index (χ3n) is 3.20. The second-order valence-corrected chi connectivity index (χ2v) is 7.36. The lowest BCUT2D eigenvalue weighted by molar-refractivity contribution is 0.509. The van der Waals surface area contributed by atoms with E-state index in [9.17, 15) is 0 Å². The molecule has 2 aromatic carbocycles. The minimum Gasteiger partial charge on any atom is -0.419 e. The molecule has 5 heteroatoms. The van der Waals surface area contributed by atoms with Crippen molar-refractivity contribution in [1.29, 1.82) is 0 Å². The van der Waals surface area contributed by atoms with Crippen molar-refractivity contribution in [3.05, 3.63) is 64.5 Å². The SMILES string of the molecule is Cc1ccc(-c2nnc(C(C)Sc3cccc(Br)c3)o2)cc1. The molecule has 3 rings (SSSR count). The molecule has 1 unspecified atom stereocenters. The molecule has 112 valence electrons. The van der Waals surface area contributed by atoms with Crippen LogP contribution < -0.4 is 0 Å². The molecule has 1 atom stereocenters. The number of aromatic nitrogens is 2. The van der Waals surface area contributed by atoms with Crippen LogP contribution in [0.2, 0.25) is 0 Å². The first kappa shape index (κ1) is 15.3. The molecule has 0 saturated carbocycles. The Bertz CT molecular complexity index is 770. The molecule has 0 N–H and O–H groups in total. The summed E-state index contributed by atoms with van der Waals surface area (Å²) in [6, 6.07) is 16.3. The first-order chi connectivity index (χ1) is 10.6. The van der Waals surface area contributed by atoms with E-state index < -0.39 is 0 Å². The third-order valence-corrected chi connectivity index (χ3v) is 4.77. The summed E-state index contributed by atoms with van der Waals surface area (Å²) in [7, 11) is 0. The van der Waals surface area contributed by atoms with Crippen molar-refractivity contribution < 1.29 is 4.42 Å². The highest BCUT2D eigenvalue weighted by molar-refractivity contribution is 9.10. The summed E-state index contributed by atoms with van der Waals surface area (Å²) >= 11 is 5.18. The molecule has 1 heterocycles. The number of hydrogen-bond donors (Lipinski definition) is 0. The molecule has 1 aromatic heterocycles. The predicted molar refractivity (Wildman–Crippen MR) is 92.9 cm³/mol. The summed E-state index contributed by atoms with van der Waals surface area (Å²) in [5.74, 6) is 1.21. The summed E-state index contributed by atoms with van der Waals surface area (Å²) in [5.41, 5.74) is 2.16. The third kappa shape index (κ3) is 3.59. The monoisotopic (exact) mass is 374 g/mol. The van der Waals surface area contributed by atoms with Gasteiger partial charge in [-0.3, -0.25) is 0 Å². The Balaban J connectivity index is 1.76. The highest BCUT2D eigenvalue weighted by Gasteiger charge is 2.16. The lowest BCUT2D eigenvalue weighted by atomic mass is 10.1. The van der Waals surface area contributed by atoms with Gasteiger partial charge in [-0.05, 0) is 44.2 Å². The van der Waals surface area contributed by atoms with Crippen molar-refractivity contribution in [2.45, 2.75) is 24.0 Å². The Morgan fingerprint density at radius 2 is 1.86 bits per heavy atom. The lowest BCUT2D eigenvalue weighted by Gasteiger charge is -2.06.